The van der Waals surface area contributed by atoms with Gasteiger partial charge in [-0.3, -0.25) is 4.79 Å². The number of unbranched alkanes of at least 4 members (excludes halogenated alkanes) is 1. The fourth-order valence-corrected chi connectivity index (χ4v) is 9.68. The average Bonchev–Trinajstić information content (AvgIpc) is 3.23. The largest absolute Gasteiger partial charge is 0.272 e. The molecule has 36 heavy (non-hydrogen) atoms. The molecular formula is C32H32N2OP+. The van der Waals surface area contributed by atoms with Crippen molar-refractivity contribution < 1.29 is 4.79 Å². The molecule has 0 saturated heterocycles. The van der Waals surface area contributed by atoms with Crippen molar-refractivity contribution in [1.82, 2.24) is 0 Å². The van der Waals surface area contributed by atoms with Crippen LogP contribution in [0.4, 0.5) is 5.69 Å². The van der Waals surface area contributed by atoms with E-state index in [-0.39, 0.29) is 11.8 Å². The quantitative estimate of drug-likeness (QED) is 0.203. The van der Waals surface area contributed by atoms with Crippen LogP contribution in [0, 0.1) is 5.92 Å². The number of para-hydroxylation sites is 1. The van der Waals surface area contributed by atoms with Crippen molar-refractivity contribution in [2.75, 3.05) is 11.2 Å². The first-order chi connectivity index (χ1) is 17.7. The lowest BCUT2D eigenvalue weighted by Crippen LogP contribution is -2.33. The van der Waals surface area contributed by atoms with Crippen LogP contribution < -0.4 is 20.9 Å². The van der Waals surface area contributed by atoms with Gasteiger partial charge in [0.15, 0.2) is 0 Å². The van der Waals surface area contributed by atoms with Gasteiger partial charge in [-0.05, 0) is 74.7 Å². The molecule has 180 valence electrons. The first-order valence-electron chi connectivity index (χ1n) is 12.7. The molecule has 1 unspecified atom stereocenters. The molecular weight excluding hydrogens is 459 g/mol. The lowest BCUT2D eigenvalue weighted by Gasteiger charge is -2.28. The molecule has 5 rings (SSSR count). The Bertz CT molecular complexity index is 1210. The summed E-state index contributed by atoms with van der Waals surface area (Å²) >= 11 is 0. The first kappa shape index (κ1) is 24.2. The number of carbonyl (C=O) groups excluding carboxylic acids is 1. The number of hydrogen-bond donors (Lipinski definition) is 0. The molecule has 4 aromatic carbocycles. The van der Waals surface area contributed by atoms with Gasteiger partial charge in [0.1, 0.15) is 23.2 Å². The van der Waals surface area contributed by atoms with Crippen molar-refractivity contribution in [2.45, 2.75) is 26.2 Å². The molecule has 1 heterocycles. The third kappa shape index (κ3) is 4.76. The third-order valence-electron chi connectivity index (χ3n) is 7.10. The standard InChI is InChI=1S/C32H32N2OP/c1-26-31(32(35)34(33-26)27-16-6-2-7-17-27)24-14-15-25-36(28-18-8-3-9-19-28,29-20-10-4-11-21-29)30-22-12-5-13-23-30/h2-13,16-23,31H,14-15,24-25H2,1H3/q+1. The van der Waals surface area contributed by atoms with Gasteiger partial charge in [-0.25, -0.2) is 5.01 Å². The predicted molar refractivity (Wildman–Crippen MR) is 154 cm³/mol. The van der Waals surface area contributed by atoms with Crippen molar-refractivity contribution in [3.8, 4) is 0 Å². The van der Waals surface area contributed by atoms with E-state index in [0.717, 1.165) is 36.8 Å². The highest BCUT2D eigenvalue weighted by molar-refractivity contribution is 7.95. The highest BCUT2D eigenvalue weighted by Gasteiger charge is 2.44. The molecule has 0 spiro atoms. The predicted octanol–water partition coefficient (Wildman–Crippen LogP) is 6.19. The van der Waals surface area contributed by atoms with Crippen molar-refractivity contribution in [2.24, 2.45) is 11.0 Å². The maximum Gasteiger partial charge on any atom is 0.256 e. The highest BCUT2D eigenvalue weighted by Crippen LogP contribution is 2.56. The summed E-state index contributed by atoms with van der Waals surface area (Å²) in [5.41, 5.74) is 1.76. The van der Waals surface area contributed by atoms with Gasteiger partial charge in [0.05, 0.1) is 17.8 Å². The summed E-state index contributed by atoms with van der Waals surface area (Å²) < 4.78 is 0. The Morgan fingerprint density at radius 3 is 1.58 bits per heavy atom. The van der Waals surface area contributed by atoms with Crippen LogP contribution in [-0.2, 0) is 4.79 Å². The van der Waals surface area contributed by atoms with Gasteiger partial charge >= 0.3 is 0 Å². The van der Waals surface area contributed by atoms with Gasteiger partial charge < -0.3 is 0 Å². The summed E-state index contributed by atoms with van der Waals surface area (Å²) in [6.45, 7) is 1.99. The first-order valence-corrected chi connectivity index (χ1v) is 14.7. The van der Waals surface area contributed by atoms with Gasteiger partial charge in [0.25, 0.3) is 5.91 Å². The molecule has 1 atom stereocenters. The Balaban J connectivity index is 1.38. The minimum Gasteiger partial charge on any atom is -0.272 e. The Morgan fingerprint density at radius 1 is 0.667 bits per heavy atom. The van der Waals surface area contributed by atoms with Gasteiger partial charge in [-0.1, -0.05) is 72.8 Å². The number of amides is 1. The second kappa shape index (κ2) is 11.0. The minimum absolute atomic E-state index is 0.0916. The topological polar surface area (TPSA) is 32.7 Å². The number of benzene rings is 4. The van der Waals surface area contributed by atoms with Crippen LogP contribution in [-0.4, -0.2) is 17.8 Å². The molecule has 0 fully saturated rings. The summed E-state index contributed by atoms with van der Waals surface area (Å²) in [6.07, 6.45) is 3.94. The molecule has 3 nitrogen and oxygen atoms in total. The fourth-order valence-electron chi connectivity index (χ4n) is 5.27. The lowest BCUT2D eigenvalue weighted by molar-refractivity contribution is -0.119. The van der Waals surface area contributed by atoms with Crippen LogP contribution in [0.1, 0.15) is 26.2 Å². The lowest BCUT2D eigenvalue weighted by atomic mass is 9.97. The smallest absolute Gasteiger partial charge is 0.256 e. The molecule has 4 heteroatoms. The van der Waals surface area contributed by atoms with E-state index in [1.165, 1.54) is 15.9 Å². The minimum atomic E-state index is -1.83. The summed E-state index contributed by atoms with van der Waals surface area (Å²) in [5, 5.41) is 10.4. The normalized spacial score (nSPS) is 15.7. The molecule has 0 radical (unpaired) electrons. The van der Waals surface area contributed by atoms with E-state index in [9.17, 15) is 4.79 Å². The van der Waals surface area contributed by atoms with E-state index >= 15 is 0 Å². The maximum atomic E-state index is 13.2. The van der Waals surface area contributed by atoms with E-state index in [1.54, 1.807) is 5.01 Å². The van der Waals surface area contributed by atoms with Crippen LogP contribution in [0.15, 0.2) is 126 Å². The SMILES string of the molecule is CC1=NN(c2ccccc2)C(=O)C1CCCC[P+](c1ccccc1)(c1ccccc1)c1ccccc1. The number of hydrogen-bond acceptors (Lipinski definition) is 2. The molecule has 1 aliphatic rings. The molecule has 0 N–H and O–H groups in total. The van der Waals surface area contributed by atoms with Gasteiger partial charge in [0.2, 0.25) is 0 Å². The number of rotatable bonds is 9. The number of carbonyl (C=O) groups is 1. The van der Waals surface area contributed by atoms with Crippen LogP contribution in [0.2, 0.25) is 0 Å². The Kier molecular flexibility index (Phi) is 7.39. The average molecular weight is 492 g/mol. The Morgan fingerprint density at radius 2 is 1.11 bits per heavy atom. The summed E-state index contributed by atoms with van der Waals surface area (Å²) in [7, 11) is -1.83. The van der Waals surface area contributed by atoms with Gasteiger partial charge in [-0.2, -0.15) is 5.10 Å². The summed E-state index contributed by atoms with van der Waals surface area (Å²) in [5.74, 6) is -0.0444. The summed E-state index contributed by atoms with van der Waals surface area (Å²) in [4.78, 5) is 13.2. The molecule has 0 aliphatic carbocycles. The van der Waals surface area contributed by atoms with Gasteiger partial charge in [-0.15, -0.1) is 0 Å². The van der Waals surface area contributed by atoms with Crippen molar-refractivity contribution in [3.05, 3.63) is 121 Å². The van der Waals surface area contributed by atoms with E-state index in [1.807, 2.05) is 37.3 Å². The zero-order valence-electron chi connectivity index (χ0n) is 20.7. The van der Waals surface area contributed by atoms with Crippen LogP contribution in [0.25, 0.3) is 0 Å². The van der Waals surface area contributed by atoms with Crippen LogP contribution in [0.3, 0.4) is 0 Å². The molecule has 0 bridgehead atoms. The van der Waals surface area contributed by atoms with E-state index in [0.29, 0.717) is 0 Å². The van der Waals surface area contributed by atoms with Gasteiger partial charge in [0, 0.05) is 5.71 Å². The summed E-state index contributed by atoms with van der Waals surface area (Å²) in [6, 6.07) is 42.7. The highest BCUT2D eigenvalue weighted by atomic mass is 31.2. The van der Waals surface area contributed by atoms with E-state index < -0.39 is 7.26 Å². The van der Waals surface area contributed by atoms with Crippen LogP contribution >= 0.6 is 7.26 Å². The van der Waals surface area contributed by atoms with Crippen molar-refractivity contribution in [3.63, 3.8) is 0 Å². The molecule has 1 aliphatic heterocycles. The Labute approximate surface area is 214 Å². The third-order valence-corrected chi connectivity index (χ3v) is 11.6. The molecule has 0 aromatic heterocycles. The number of nitrogens with zero attached hydrogens (tertiary/aromatic N) is 2. The Hall–Kier alpha value is -3.55. The maximum absolute atomic E-state index is 13.2. The monoisotopic (exact) mass is 491 g/mol. The second-order valence-electron chi connectivity index (χ2n) is 9.32. The fraction of sp³-hybridized carbons (Fsp3) is 0.188. The van der Waals surface area contributed by atoms with Crippen molar-refractivity contribution >= 4 is 40.5 Å². The van der Waals surface area contributed by atoms with E-state index in [2.05, 4.69) is 96.1 Å². The number of anilines is 1. The van der Waals surface area contributed by atoms with Crippen molar-refractivity contribution in [1.29, 1.82) is 0 Å². The van der Waals surface area contributed by atoms with Crippen LogP contribution in [0.5, 0.6) is 0 Å². The number of hydrazone groups is 1. The second-order valence-corrected chi connectivity index (χ2v) is 12.9. The zero-order chi connectivity index (χ0) is 24.8. The molecule has 4 aromatic rings. The molecule has 1 amide bonds. The molecule has 0 saturated carbocycles. The zero-order valence-corrected chi connectivity index (χ0v) is 21.6. The van der Waals surface area contributed by atoms with E-state index in [4.69, 9.17) is 0 Å².